The number of aliphatic carboxylic acids is 1. The Morgan fingerprint density at radius 3 is 2.35 bits per heavy atom. The van der Waals surface area contributed by atoms with Gasteiger partial charge >= 0.3 is 12.1 Å². The summed E-state index contributed by atoms with van der Waals surface area (Å²) in [5, 5.41) is 9.58. The number of hydrogen-bond donors (Lipinski definition) is 2. The Labute approximate surface area is 177 Å². The first-order valence-electron chi connectivity index (χ1n) is 9.79. The lowest BCUT2D eigenvalue weighted by atomic mass is 9.79. The molecule has 4 nitrogen and oxygen atoms in total. The van der Waals surface area contributed by atoms with Crippen LogP contribution in [-0.2, 0) is 17.4 Å². The molecule has 2 unspecified atom stereocenters. The van der Waals surface area contributed by atoms with Gasteiger partial charge in [0.05, 0.1) is 11.5 Å². The second-order valence-corrected chi connectivity index (χ2v) is 7.59. The Balaban J connectivity index is 1.63. The minimum atomic E-state index is -4.42. The number of hydrogen-bond acceptors (Lipinski definition) is 3. The lowest BCUT2D eigenvalue weighted by molar-refractivity contribution is -0.139. The Morgan fingerprint density at radius 2 is 1.65 bits per heavy atom. The van der Waals surface area contributed by atoms with Crippen molar-refractivity contribution in [1.29, 1.82) is 0 Å². The van der Waals surface area contributed by atoms with E-state index in [0.29, 0.717) is 41.0 Å². The van der Waals surface area contributed by atoms with Crippen LogP contribution in [0.1, 0.15) is 29.0 Å². The van der Waals surface area contributed by atoms with Crippen LogP contribution in [0.3, 0.4) is 0 Å². The molecule has 7 heteroatoms. The van der Waals surface area contributed by atoms with Crippen molar-refractivity contribution < 1.29 is 27.8 Å². The van der Waals surface area contributed by atoms with Crippen molar-refractivity contribution in [3.63, 3.8) is 0 Å². The number of fused-ring (bicyclic) bond motifs is 1. The molecule has 1 aliphatic carbocycles. The van der Waals surface area contributed by atoms with Gasteiger partial charge in [0.15, 0.2) is 0 Å². The van der Waals surface area contributed by atoms with Crippen molar-refractivity contribution in [3.8, 4) is 22.6 Å². The molecule has 0 bridgehead atoms. The maximum Gasteiger partial charge on any atom is 0.416 e. The number of rotatable bonds is 4. The number of carboxylic acid groups (broad SMARTS) is 1. The number of benzene rings is 3. The van der Waals surface area contributed by atoms with E-state index < -0.39 is 29.7 Å². The van der Waals surface area contributed by atoms with Crippen LogP contribution in [0.2, 0.25) is 0 Å². The molecule has 0 saturated carbocycles. The lowest BCUT2D eigenvalue weighted by Crippen LogP contribution is -2.37. The molecule has 2 atom stereocenters. The summed E-state index contributed by atoms with van der Waals surface area (Å²) in [6.07, 6.45) is -3.12. The second kappa shape index (κ2) is 8.07. The Morgan fingerprint density at radius 1 is 0.968 bits per heavy atom. The summed E-state index contributed by atoms with van der Waals surface area (Å²) in [6, 6.07) is 16.6. The molecule has 0 aliphatic heterocycles. The third kappa shape index (κ3) is 4.41. The van der Waals surface area contributed by atoms with Crippen LogP contribution in [0.15, 0.2) is 66.7 Å². The van der Waals surface area contributed by atoms with Gasteiger partial charge in [-0.1, -0.05) is 30.3 Å². The van der Waals surface area contributed by atoms with Gasteiger partial charge in [0.25, 0.3) is 0 Å². The van der Waals surface area contributed by atoms with E-state index in [1.165, 1.54) is 6.07 Å². The van der Waals surface area contributed by atoms with Gasteiger partial charge in [-0.2, -0.15) is 13.2 Å². The number of nitrogens with two attached hydrogens (primary N) is 1. The number of ether oxygens (including phenoxy) is 1. The molecule has 31 heavy (non-hydrogen) atoms. The van der Waals surface area contributed by atoms with Gasteiger partial charge in [0.2, 0.25) is 0 Å². The van der Waals surface area contributed by atoms with E-state index in [1.54, 1.807) is 42.5 Å². The van der Waals surface area contributed by atoms with E-state index >= 15 is 0 Å². The maximum absolute atomic E-state index is 13.0. The van der Waals surface area contributed by atoms with E-state index in [9.17, 15) is 23.1 Å². The number of aryl methyl sites for hydroxylation is 1. The van der Waals surface area contributed by atoms with Crippen LogP contribution in [0.4, 0.5) is 13.2 Å². The van der Waals surface area contributed by atoms with Crippen LogP contribution in [0.5, 0.6) is 11.5 Å². The van der Waals surface area contributed by atoms with Crippen molar-refractivity contribution in [1.82, 2.24) is 0 Å². The molecule has 0 aromatic heterocycles. The molecule has 1 aliphatic rings. The molecule has 4 rings (SSSR count). The largest absolute Gasteiger partial charge is 0.481 e. The summed E-state index contributed by atoms with van der Waals surface area (Å²) in [5.41, 5.74) is 7.86. The Hall–Kier alpha value is -3.32. The minimum absolute atomic E-state index is 0.419. The monoisotopic (exact) mass is 427 g/mol. The van der Waals surface area contributed by atoms with E-state index in [-0.39, 0.29) is 0 Å². The predicted molar refractivity (Wildman–Crippen MR) is 110 cm³/mol. The van der Waals surface area contributed by atoms with Crippen LogP contribution in [-0.4, -0.2) is 17.1 Å². The smallest absolute Gasteiger partial charge is 0.416 e. The fourth-order valence-corrected chi connectivity index (χ4v) is 3.94. The first kappa shape index (κ1) is 20.9. The quantitative estimate of drug-likeness (QED) is 0.568. The summed E-state index contributed by atoms with van der Waals surface area (Å²) in [4.78, 5) is 11.7. The van der Waals surface area contributed by atoms with Crippen LogP contribution >= 0.6 is 0 Å². The van der Waals surface area contributed by atoms with Crippen LogP contribution in [0, 0.1) is 0 Å². The number of carboxylic acids is 1. The second-order valence-electron chi connectivity index (χ2n) is 7.59. The summed E-state index contributed by atoms with van der Waals surface area (Å²) in [7, 11) is 0. The first-order valence-corrected chi connectivity index (χ1v) is 9.79. The molecule has 0 saturated heterocycles. The molecule has 0 radical (unpaired) electrons. The maximum atomic E-state index is 13.0. The van der Waals surface area contributed by atoms with Crippen molar-refractivity contribution in [2.75, 3.05) is 0 Å². The highest BCUT2D eigenvalue weighted by molar-refractivity contribution is 5.78. The molecule has 0 spiro atoms. The molecule has 3 aromatic rings. The zero-order valence-corrected chi connectivity index (χ0v) is 16.4. The fourth-order valence-electron chi connectivity index (χ4n) is 3.94. The molecule has 0 amide bonds. The summed E-state index contributed by atoms with van der Waals surface area (Å²) < 4.78 is 45.0. The van der Waals surface area contributed by atoms with Gasteiger partial charge in [-0.3, -0.25) is 4.79 Å². The van der Waals surface area contributed by atoms with Crippen molar-refractivity contribution >= 4 is 5.97 Å². The van der Waals surface area contributed by atoms with Gasteiger partial charge in [0.1, 0.15) is 11.5 Å². The zero-order chi connectivity index (χ0) is 22.2. The molecule has 3 aromatic carbocycles. The van der Waals surface area contributed by atoms with E-state index in [2.05, 4.69) is 0 Å². The molecular formula is C24H20F3NO3. The Bertz CT molecular complexity index is 1130. The molecule has 0 fully saturated rings. The fraction of sp³-hybridized carbons (Fsp3) is 0.208. The van der Waals surface area contributed by atoms with Crippen LogP contribution < -0.4 is 10.5 Å². The van der Waals surface area contributed by atoms with Crippen LogP contribution in [0.25, 0.3) is 11.1 Å². The average molecular weight is 427 g/mol. The van der Waals surface area contributed by atoms with Crippen molar-refractivity contribution in [2.45, 2.75) is 31.0 Å². The number of halogens is 3. The van der Waals surface area contributed by atoms with E-state index in [4.69, 9.17) is 10.5 Å². The average Bonchev–Trinajstić information content (AvgIpc) is 2.73. The normalized spacial score (nSPS) is 18.3. The Kier molecular flexibility index (Phi) is 5.45. The highest BCUT2D eigenvalue weighted by atomic mass is 19.4. The first-order chi connectivity index (χ1) is 14.7. The topological polar surface area (TPSA) is 72.5 Å². The predicted octanol–water partition coefficient (Wildman–Crippen LogP) is 5.61. The highest BCUT2D eigenvalue weighted by Gasteiger charge is 2.33. The van der Waals surface area contributed by atoms with E-state index in [0.717, 1.165) is 17.7 Å². The van der Waals surface area contributed by atoms with Gasteiger partial charge in [-0.25, -0.2) is 0 Å². The SMILES string of the molecule is NC1CCc2ccc(Oc3cccc(-c4cccc(C(F)(F)F)c4)c3)cc2C1C(=O)O. The van der Waals surface area contributed by atoms with Gasteiger partial charge in [-0.15, -0.1) is 0 Å². The van der Waals surface area contributed by atoms with Crippen molar-refractivity contribution in [2.24, 2.45) is 5.73 Å². The summed E-state index contributed by atoms with van der Waals surface area (Å²) in [5.74, 6) is -0.900. The molecule has 160 valence electrons. The van der Waals surface area contributed by atoms with Gasteiger partial charge in [0, 0.05) is 6.04 Å². The minimum Gasteiger partial charge on any atom is -0.481 e. The lowest BCUT2D eigenvalue weighted by Gasteiger charge is -2.28. The van der Waals surface area contributed by atoms with Gasteiger partial charge in [-0.05, 0) is 71.5 Å². The third-order valence-electron chi connectivity index (χ3n) is 5.49. The summed E-state index contributed by atoms with van der Waals surface area (Å²) in [6.45, 7) is 0. The molecule has 0 heterocycles. The summed E-state index contributed by atoms with van der Waals surface area (Å²) >= 11 is 0. The molecular weight excluding hydrogens is 407 g/mol. The highest BCUT2D eigenvalue weighted by Crippen LogP contribution is 2.36. The third-order valence-corrected chi connectivity index (χ3v) is 5.49. The standard InChI is InChI=1S/C24H20F3NO3/c25-24(26,27)17-5-1-3-15(11-17)16-4-2-6-18(12-16)31-19-9-7-14-8-10-21(28)22(23(29)30)20(14)13-19/h1-7,9,11-13,21-22H,8,10,28H2,(H,29,30). The number of alkyl halides is 3. The van der Waals surface area contributed by atoms with Crippen molar-refractivity contribution in [3.05, 3.63) is 83.4 Å². The van der Waals surface area contributed by atoms with Gasteiger partial charge < -0.3 is 15.6 Å². The molecule has 3 N–H and O–H groups in total. The number of carbonyl (C=O) groups is 1. The van der Waals surface area contributed by atoms with E-state index in [1.807, 2.05) is 6.07 Å². The zero-order valence-electron chi connectivity index (χ0n) is 16.4.